The molecule has 0 heterocycles. The van der Waals surface area contributed by atoms with Gasteiger partial charge in [0, 0.05) is 0 Å². The molecule has 0 saturated heterocycles. The molecule has 0 aliphatic rings. The molecule has 1 atom stereocenters. The molecule has 0 spiro atoms. The van der Waals surface area contributed by atoms with Gasteiger partial charge < -0.3 is 36.8 Å². The Morgan fingerprint density at radius 2 is 1.12 bits per heavy atom. The fourth-order valence-electron chi connectivity index (χ4n) is 3.42. The lowest BCUT2D eigenvalue weighted by Crippen LogP contribution is -3.00. The lowest BCUT2D eigenvalue weighted by molar-refractivity contribution is -0.913. The Labute approximate surface area is 167 Å². The molecule has 3 N–H and O–H groups in total. The first-order valence-corrected chi connectivity index (χ1v) is 10.3. The zero-order valence-electron chi connectivity index (χ0n) is 16.8. The summed E-state index contributed by atoms with van der Waals surface area (Å²) in [6, 6.07) is 0. The summed E-state index contributed by atoms with van der Waals surface area (Å²) in [5, 5.41) is 28.5. The van der Waals surface area contributed by atoms with E-state index in [0.29, 0.717) is 24.1 Å². The first kappa shape index (κ1) is 27.5. The highest BCUT2D eigenvalue weighted by atomic mass is 79.9. The lowest BCUT2D eigenvalue weighted by atomic mass is 10.0. The summed E-state index contributed by atoms with van der Waals surface area (Å²) in [6.07, 6.45) is 15.0. The third-order valence-corrected chi connectivity index (χ3v) is 5.07. The van der Waals surface area contributed by atoms with Crippen molar-refractivity contribution in [1.29, 1.82) is 0 Å². The van der Waals surface area contributed by atoms with E-state index in [1.807, 2.05) is 7.05 Å². The summed E-state index contributed by atoms with van der Waals surface area (Å²) in [7, 11) is 2.00. The van der Waals surface area contributed by atoms with Crippen LogP contribution in [0, 0.1) is 0 Å². The SMILES string of the molecule is CCCCCCCCCCCCCC(O)C[N+](C)(CCO)CCO.[Br-]. The average molecular weight is 426 g/mol. The van der Waals surface area contributed by atoms with E-state index < -0.39 is 0 Å². The number of halogens is 1. The number of likely N-dealkylation sites (N-methyl/N-ethyl adjacent to an activating group) is 1. The molecular weight excluding hydrogens is 382 g/mol. The number of quaternary nitrogens is 1. The highest BCUT2D eigenvalue weighted by molar-refractivity contribution is 4.57. The third kappa shape index (κ3) is 17.5. The Bertz CT molecular complexity index is 261. The van der Waals surface area contributed by atoms with Crippen LogP contribution in [0.4, 0.5) is 0 Å². The van der Waals surface area contributed by atoms with E-state index in [-0.39, 0.29) is 36.3 Å². The van der Waals surface area contributed by atoms with Crippen molar-refractivity contribution < 1.29 is 36.8 Å². The van der Waals surface area contributed by atoms with Crippen LogP contribution in [0.1, 0.15) is 84.0 Å². The molecule has 0 radical (unpaired) electrons. The smallest absolute Gasteiger partial charge is 0.105 e. The molecule has 5 heteroatoms. The third-order valence-electron chi connectivity index (χ3n) is 5.07. The van der Waals surface area contributed by atoms with Crippen LogP contribution in [0.5, 0.6) is 0 Å². The van der Waals surface area contributed by atoms with Gasteiger partial charge in [0.2, 0.25) is 0 Å². The molecule has 1 unspecified atom stereocenters. The summed E-state index contributed by atoms with van der Waals surface area (Å²) in [5.74, 6) is 0. The van der Waals surface area contributed by atoms with Gasteiger partial charge in [0.15, 0.2) is 0 Å². The van der Waals surface area contributed by atoms with Crippen LogP contribution in [0.2, 0.25) is 0 Å². The number of rotatable bonds is 18. The molecule has 25 heavy (non-hydrogen) atoms. The Hall–Kier alpha value is 0.320. The molecule has 0 rings (SSSR count). The van der Waals surface area contributed by atoms with Gasteiger partial charge in [-0.05, 0) is 6.42 Å². The first-order valence-electron chi connectivity index (χ1n) is 10.3. The molecule has 0 saturated carbocycles. The number of hydrogen-bond acceptors (Lipinski definition) is 3. The van der Waals surface area contributed by atoms with Gasteiger partial charge in [0.25, 0.3) is 0 Å². The van der Waals surface area contributed by atoms with Crippen LogP contribution in [-0.2, 0) is 0 Å². The Balaban J connectivity index is 0. The highest BCUT2D eigenvalue weighted by Crippen LogP contribution is 2.14. The van der Waals surface area contributed by atoms with Crippen LogP contribution in [-0.4, -0.2) is 65.8 Å². The first-order chi connectivity index (χ1) is 11.6. The molecule has 0 aliphatic carbocycles. The summed E-state index contributed by atoms with van der Waals surface area (Å²) in [4.78, 5) is 0. The summed E-state index contributed by atoms with van der Waals surface area (Å²) in [6.45, 7) is 4.27. The Kier molecular flexibility index (Phi) is 21.0. The zero-order chi connectivity index (χ0) is 18.1. The van der Waals surface area contributed by atoms with E-state index in [2.05, 4.69) is 6.92 Å². The molecule has 0 aromatic heterocycles. The minimum Gasteiger partial charge on any atom is -1.00 e. The molecule has 4 nitrogen and oxygen atoms in total. The standard InChI is InChI=1S/C20H44NO3.BrH/c1-3-4-5-6-7-8-9-10-11-12-13-14-20(24)19-21(2,15-17-22)16-18-23;/h20,22-24H,3-19H2,1-2H3;1H/q+1;/p-1. The number of aliphatic hydroxyl groups excluding tert-OH is 3. The summed E-state index contributed by atoms with van der Waals surface area (Å²) in [5.41, 5.74) is 0. The highest BCUT2D eigenvalue weighted by Gasteiger charge is 2.24. The number of nitrogens with zero attached hydrogens (tertiary/aromatic N) is 1. The molecule has 154 valence electrons. The largest absolute Gasteiger partial charge is 1.00 e. The van der Waals surface area contributed by atoms with E-state index in [4.69, 9.17) is 10.2 Å². The Morgan fingerprint density at radius 1 is 0.720 bits per heavy atom. The second-order valence-electron chi connectivity index (χ2n) is 7.67. The van der Waals surface area contributed by atoms with Crippen molar-refractivity contribution >= 4 is 0 Å². The lowest BCUT2D eigenvalue weighted by Gasteiger charge is -2.35. The maximum absolute atomic E-state index is 10.2. The molecule has 0 bridgehead atoms. The van der Waals surface area contributed by atoms with Crippen LogP contribution >= 0.6 is 0 Å². The molecular formula is C20H44BrNO3. The maximum Gasteiger partial charge on any atom is 0.105 e. The monoisotopic (exact) mass is 425 g/mol. The van der Waals surface area contributed by atoms with E-state index in [9.17, 15) is 5.11 Å². The van der Waals surface area contributed by atoms with Crippen molar-refractivity contribution in [2.24, 2.45) is 0 Å². The van der Waals surface area contributed by atoms with Gasteiger partial charge in [0.1, 0.15) is 25.7 Å². The van der Waals surface area contributed by atoms with E-state index in [1.54, 1.807) is 0 Å². The predicted molar refractivity (Wildman–Crippen MR) is 102 cm³/mol. The molecule has 0 aromatic carbocycles. The minimum absolute atomic E-state index is 0. The van der Waals surface area contributed by atoms with Gasteiger partial charge in [-0.15, -0.1) is 0 Å². The van der Waals surface area contributed by atoms with Crippen molar-refractivity contribution in [1.82, 2.24) is 0 Å². The van der Waals surface area contributed by atoms with Crippen molar-refractivity contribution in [2.45, 2.75) is 90.1 Å². The summed E-state index contributed by atoms with van der Waals surface area (Å²) < 4.78 is 0.548. The molecule has 0 fully saturated rings. The molecule has 0 aliphatic heterocycles. The maximum atomic E-state index is 10.2. The average Bonchev–Trinajstić information content (AvgIpc) is 2.52. The van der Waals surface area contributed by atoms with Crippen molar-refractivity contribution in [3.8, 4) is 0 Å². The van der Waals surface area contributed by atoms with E-state index in [1.165, 1.54) is 64.2 Å². The normalized spacial score (nSPS) is 12.8. The number of unbranched alkanes of at least 4 members (excludes halogenated alkanes) is 10. The van der Waals surface area contributed by atoms with Crippen LogP contribution in [0.15, 0.2) is 0 Å². The minimum atomic E-state index is -0.327. The van der Waals surface area contributed by atoms with Crippen LogP contribution in [0.3, 0.4) is 0 Å². The number of hydrogen-bond donors (Lipinski definition) is 3. The second-order valence-corrected chi connectivity index (χ2v) is 7.67. The zero-order valence-corrected chi connectivity index (χ0v) is 18.4. The van der Waals surface area contributed by atoms with Crippen LogP contribution < -0.4 is 17.0 Å². The van der Waals surface area contributed by atoms with Gasteiger partial charge in [-0.1, -0.05) is 77.6 Å². The fraction of sp³-hybridized carbons (Fsp3) is 1.00. The van der Waals surface area contributed by atoms with Gasteiger partial charge >= 0.3 is 0 Å². The predicted octanol–water partition coefficient (Wildman–Crippen LogP) is 0.484. The summed E-state index contributed by atoms with van der Waals surface area (Å²) >= 11 is 0. The second kappa shape index (κ2) is 19.1. The molecule has 0 amide bonds. The van der Waals surface area contributed by atoms with E-state index in [0.717, 1.165) is 12.8 Å². The van der Waals surface area contributed by atoms with Crippen LogP contribution in [0.25, 0.3) is 0 Å². The van der Waals surface area contributed by atoms with Crippen molar-refractivity contribution in [2.75, 3.05) is 39.9 Å². The fourth-order valence-corrected chi connectivity index (χ4v) is 3.42. The van der Waals surface area contributed by atoms with Crippen molar-refractivity contribution in [3.05, 3.63) is 0 Å². The topological polar surface area (TPSA) is 60.7 Å². The molecule has 0 aromatic rings. The van der Waals surface area contributed by atoms with Gasteiger partial charge in [-0.25, -0.2) is 0 Å². The van der Waals surface area contributed by atoms with Crippen molar-refractivity contribution in [3.63, 3.8) is 0 Å². The van der Waals surface area contributed by atoms with Gasteiger partial charge in [-0.3, -0.25) is 0 Å². The van der Waals surface area contributed by atoms with Gasteiger partial charge in [0.05, 0.1) is 20.3 Å². The number of aliphatic hydroxyl groups is 3. The van der Waals surface area contributed by atoms with Gasteiger partial charge in [-0.2, -0.15) is 0 Å². The quantitative estimate of drug-likeness (QED) is 0.221. The van der Waals surface area contributed by atoms with E-state index >= 15 is 0 Å². The Morgan fingerprint density at radius 3 is 1.52 bits per heavy atom.